The summed E-state index contributed by atoms with van der Waals surface area (Å²) in [5.74, 6) is 0.680. The Balaban J connectivity index is 1.71. The standard InChI is InChI=1S/C17H17ClN2O/c18-16-9-6-13-10-20(14-7-8-14)11-15(21-17(13)19-16)12-4-2-1-3-5-12/h1-6,9,14-15H,7-8,10-11H2. The first kappa shape index (κ1) is 13.1. The van der Waals surface area contributed by atoms with Gasteiger partial charge in [-0.15, -0.1) is 0 Å². The van der Waals surface area contributed by atoms with E-state index in [9.17, 15) is 0 Å². The van der Waals surface area contributed by atoms with Gasteiger partial charge in [-0.05, 0) is 30.5 Å². The average molecular weight is 301 g/mol. The molecule has 2 heterocycles. The molecular formula is C17H17ClN2O. The Kier molecular flexibility index (Phi) is 3.32. The van der Waals surface area contributed by atoms with Gasteiger partial charge in [-0.25, -0.2) is 4.98 Å². The number of benzene rings is 1. The number of pyridine rings is 1. The van der Waals surface area contributed by atoms with Crippen LogP contribution in [-0.4, -0.2) is 22.5 Å². The lowest BCUT2D eigenvalue weighted by Crippen LogP contribution is -2.30. The van der Waals surface area contributed by atoms with Crippen LogP contribution in [0.2, 0.25) is 5.15 Å². The fraction of sp³-hybridized carbons (Fsp3) is 0.353. The molecule has 4 rings (SSSR count). The molecule has 2 aromatic rings. The van der Waals surface area contributed by atoms with Gasteiger partial charge in [-0.2, -0.15) is 0 Å². The number of ether oxygens (including phenoxy) is 1. The molecule has 1 aromatic carbocycles. The van der Waals surface area contributed by atoms with E-state index >= 15 is 0 Å². The van der Waals surface area contributed by atoms with Gasteiger partial charge in [0.05, 0.1) is 0 Å². The number of halogens is 1. The van der Waals surface area contributed by atoms with Crippen molar-refractivity contribution in [2.24, 2.45) is 0 Å². The van der Waals surface area contributed by atoms with Crippen molar-refractivity contribution in [3.05, 3.63) is 58.7 Å². The maximum absolute atomic E-state index is 6.19. The molecule has 1 saturated carbocycles. The van der Waals surface area contributed by atoms with Crippen molar-refractivity contribution >= 4 is 11.6 Å². The summed E-state index contributed by atoms with van der Waals surface area (Å²) in [6, 6.07) is 14.9. The van der Waals surface area contributed by atoms with Gasteiger partial charge in [0.2, 0.25) is 5.88 Å². The van der Waals surface area contributed by atoms with Crippen LogP contribution >= 0.6 is 11.6 Å². The van der Waals surface area contributed by atoms with Gasteiger partial charge in [-0.3, -0.25) is 4.90 Å². The second-order valence-corrected chi connectivity index (χ2v) is 6.16. The van der Waals surface area contributed by atoms with Gasteiger partial charge in [-0.1, -0.05) is 41.9 Å². The van der Waals surface area contributed by atoms with Crippen molar-refractivity contribution in [2.75, 3.05) is 6.54 Å². The van der Waals surface area contributed by atoms with Crippen molar-refractivity contribution in [3.8, 4) is 5.88 Å². The minimum absolute atomic E-state index is 0.0130. The van der Waals surface area contributed by atoms with E-state index in [0.29, 0.717) is 17.1 Å². The smallest absolute Gasteiger partial charge is 0.219 e. The first-order chi connectivity index (χ1) is 10.3. The molecule has 1 unspecified atom stereocenters. The first-order valence-electron chi connectivity index (χ1n) is 7.41. The van der Waals surface area contributed by atoms with Crippen molar-refractivity contribution in [2.45, 2.75) is 31.5 Å². The van der Waals surface area contributed by atoms with Gasteiger partial charge in [0.25, 0.3) is 0 Å². The Morgan fingerprint density at radius 3 is 2.67 bits per heavy atom. The van der Waals surface area contributed by atoms with E-state index < -0.39 is 0 Å². The van der Waals surface area contributed by atoms with E-state index in [4.69, 9.17) is 16.3 Å². The van der Waals surface area contributed by atoms with Gasteiger partial charge in [0, 0.05) is 24.7 Å². The molecule has 0 radical (unpaired) electrons. The zero-order valence-electron chi connectivity index (χ0n) is 11.7. The minimum Gasteiger partial charge on any atom is -0.468 e. The molecule has 1 aliphatic heterocycles. The Morgan fingerprint density at radius 1 is 1.10 bits per heavy atom. The molecule has 1 aliphatic carbocycles. The van der Waals surface area contributed by atoms with Crippen LogP contribution in [0.5, 0.6) is 5.88 Å². The molecule has 0 saturated heterocycles. The summed E-state index contributed by atoms with van der Waals surface area (Å²) >= 11 is 6.03. The van der Waals surface area contributed by atoms with E-state index in [1.54, 1.807) is 0 Å². The fourth-order valence-corrected chi connectivity index (χ4v) is 3.04. The van der Waals surface area contributed by atoms with Crippen molar-refractivity contribution in [1.29, 1.82) is 0 Å². The molecule has 4 heteroatoms. The molecule has 1 atom stereocenters. The molecule has 0 amide bonds. The van der Waals surface area contributed by atoms with Crippen LogP contribution in [0.15, 0.2) is 42.5 Å². The molecule has 3 nitrogen and oxygen atoms in total. The highest BCUT2D eigenvalue weighted by Crippen LogP contribution is 2.36. The molecule has 0 bridgehead atoms. The fourth-order valence-electron chi connectivity index (χ4n) is 2.90. The number of fused-ring (bicyclic) bond motifs is 1. The summed E-state index contributed by atoms with van der Waals surface area (Å²) < 4.78 is 6.19. The molecule has 108 valence electrons. The van der Waals surface area contributed by atoms with Gasteiger partial charge < -0.3 is 4.74 Å². The number of aromatic nitrogens is 1. The van der Waals surface area contributed by atoms with Gasteiger partial charge in [0.1, 0.15) is 11.3 Å². The maximum atomic E-state index is 6.19. The molecule has 21 heavy (non-hydrogen) atoms. The summed E-state index contributed by atoms with van der Waals surface area (Å²) in [5, 5.41) is 0.487. The summed E-state index contributed by atoms with van der Waals surface area (Å²) in [7, 11) is 0. The van der Waals surface area contributed by atoms with Crippen molar-refractivity contribution in [3.63, 3.8) is 0 Å². The number of hydrogen-bond donors (Lipinski definition) is 0. The van der Waals surface area contributed by atoms with Crippen LogP contribution in [0.25, 0.3) is 0 Å². The van der Waals surface area contributed by atoms with Gasteiger partial charge in [0.15, 0.2) is 0 Å². The Hall–Kier alpha value is -1.58. The second-order valence-electron chi connectivity index (χ2n) is 5.78. The Labute approximate surface area is 129 Å². The maximum Gasteiger partial charge on any atom is 0.219 e. The van der Waals surface area contributed by atoms with Crippen molar-refractivity contribution in [1.82, 2.24) is 9.88 Å². The van der Waals surface area contributed by atoms with Crippen LogP contribution < -0.4 is 4.74 Å². The van der Waals surface area contributed by atoms with E-state index in [2.05, 4.69) is 34.1 Å². The highest BCUT2D eigenvalue weighted by atomic mass is 35.5. The zero-order valence-corrected chi connectivity index (χ0v) is 12.5. The molecule has 2 aliphatic rings. The summed E-state index contributed by atoms with van der Waals surface area (Å²) in [5.41, 5.74) is 2.32. The summed E-state index contributed by atoms with van der Waals surface area (Å²) in [6.45, 7) is 1.80. The summed E-state index contributed by atoms with van der Waals surface area (Å²) in [6.07, 6.45) is 2.59. The Morgan fingerprint density at radius 2 is 1.90 bits per heavy atom. The SMILES string of the molecule is Clc1ccc2c(n1)OC(c1ccccc1)CN(C1CC1)C2. The minimum atomic E-state index is 0.0130. The van der Waals surface area contributed by atoms with Crippen LogP contribution in [0.3, 0.4) is 0 Å². The third kappa shape index (κ3) is 2.76. The molecule has 1 aromatic heterocycles. The number of nitrogens with zero attached hydrogens (tertiary/aromatic N) is 2. The molecule has 0 spiro atoms. The predicted octanol–water partition coefficient (Wildman–Crippen LogP) is 3.83. The van der Waals surface area contributed by atoms with Crippen LogP contribution in [0.1, 0.15) is 30.1 Å². The third-order valence-corrected chi connectivity index (χ3v) is 4.38. The molecular weight excluding hydrogens is 284 g/mol. The predicted molar refractivity (Wildman–Crippen MR) is 82.5 cm³/mol. The summed E-state index contributed by atoms with van der Waals surface area (Å²) in [4.78, 5) is 6.89. The van der Waals surface area contributed by atoms with E-state index in [-0.39, 0.29) is 6.10 Å². The lowest BCUT2D eigenvalue weighted by atomic mass is 10.1. The number of hydrogen-bond acceptors (Lipinski definition) is 3. The van der Waals surface area contributed by atoms with Crippen LogP contribution in [0, 0.1) is 0 Å². The van der Waals surface area contributed by atoms with Crippen LogP contribution in [0.4, 0.5) is 0 Å². The third-order valence-electron chi connectivity index (χ3n) is 4.17. The van der Waals surface area contributed by atoms with Crippen LogP contribution in [-0.2, 0) is 6.54 Å². The van der Waals surface area contributed by atoms with E-state index in [0.717, 1.165) is 18.7 Å². The highest BCUT2D eigenvalue weighted by molar-refractivity contribution is 6.29. The first-order valence-corrected chi connectivity index (χ1v) is 7.78. The Bertz CT molecular complexity index is 642. The lowest BCUT2D eigenvalue weighted by Gasteiger charge is -2.23. The van der Waals surface area contributed by atoms with Crippen molar-refractivity contribution < 1.29 is 4.74 Å². The monoisotopic (exact) mass is 300 g/mol. The quantitative estimate of drug-likeness (QED) is 0.788. The molecule has 1 fully saturated rings. The second kappa shape index (κ2) is 5.32. The lowest BCUT2D eigenvalue weighted by molar-refractivity contribution is 0.139. The highest BCUT2D eigenvalue weighted by Gasteiger charge is 2.34. The average Bonchev–Trinajstić information content (AvgIpc) is 3.33. The van der Waals surface area contributed by atoms with E-state index in [1.165, 1.54) is 18.4 Å². The normalized spacial score (nSPS) is 22.2. The zero-order chi connectivity index (χ0) is 14.2. The number of rotatable bonds is 2. The topological polar surface area (TPSA) is 25.4 Å². The largest absolute Gasteiger partial charge is 0.468 e. The molecule has 0 N–H and O–H groups in total. The van der Waals surface area contributed by atoms with E-state index in [1.807, 2.05) is 18.2 Å². The van der Waals surface area contributed by atoms with Gasteiger partial charge >= 0.3 is 0 Å².